The van der Waals surface area contributed by atoms with E-state index in [0.717, 1.165) is 44.6 Å². The van der Waals surface area contributed by atoms with Crippen molar-refractivity contribution in [3.05, 3.63) is 29.8 Å². The lowest BCUT2D eigenvalue weighted by Crippen LogP contribution is -2.39. The smallest absolute Gasteiger partial charge is 0.228 e. The Bertz CT molecular complexity index is 551. The molecule has 6 nitrogen and oxygen atoms in total. The number of carbonyl (C=O) groups is 2. The lowest BCUT2D eigenvalue weighted by molar-refractivity contribution is -0.123. The van der Waals surface area contributed by atoms with Crippen molar-refractivity contribution in [2.24, 2.45) is 23.3 Å². The van der Waals surface area contributed by atoms with Crippen molar-refractivity contribution in [3.63, 3.8) is 0 Å². The molecule has 0 saturated carbocycles. The Morgan fingerprint density at radius 3 is 2.42 bits per heavy atom. The first kappa shape index (κ1) is 18.4. The van der Waals surface area contributed by atoms with Gasteiger partial charge in [0.1, 0.15) is 0 Å². The van der Waals surface area contributed by atoms with Crippen molar-refractivity contribution < 1.29 is 9.59 Å². The highest BCUT2D eigenvalue weighted by atomic mass is 16.2. The first-order chi connectivity index (χ1) is 11.5. The zero-order chi connectivity index (χ0) is 17.5. The van der Waals surface area contributed by atoms with Crippen molar-refractivity contribution >= 4 is 17.5 Å². The second kappa shape index (κ2) is 8.80. The molecule has 24 heavy (non-hydrogen) atoms. The normalized spacial score (nSPS) is 17.4. The summed E-state index contributed by atoms with van der Waals surface area (Å²) in [5.74, 6) is -0.369. The molecule has 0 bridgehead atoms. The zero-order valence-corrected chi connectivity index (χ0v) is 14.3. The Hall–Kier alpha value is -1.92. The maximum absolute atomic E-state index is 11.8. The first-order valence-corrected chi connectivity index (χ1v) is 8.61. The lowest BCUT2D eigenvalue weighted by atomic mass is 9.96. The molecule has 6 heteroatoms. The predicted octanol–water partition coefficient (Wildman–Crippen LogP) is 0.960. The first-order valence-electron chi connectivity index (χ1n) is 8.61. The van der Waals surface area contributed by atoms with Crippen molar-refractivity contribution in [2.75, 3.05) is 31.5 Å². The topological polar surface area (TPSA) is 101 Å². The van der Waals surface area contributed by atoms with Crippen molar-refractivity contribution in [1.82, 2.24) is 4.90 Å². The Morgan fingerprint density at radius 1 is 1.25 bits per heavy atom. The van der Waals surface area contributed by atoms with E-state index in [0.29, 0.717) is 6.54 Å². The van der Waals surface area contributed by atoms with E-state index in [1.54, 1.807) is 0 Å². The molecule has 1 fully saturated rings. The minimum absolute atomic E-state index is 0.0417. The standard InChI is InChI=1S/C18H28N4O2/c1-13(12-19)18(24)21-16-4-2-14(3-5-16)6-9-22-10-7-15(8-11-22)17(20)23/h2-5,13,15H,6-12,19H2,1H3,(H2,20,23)(H,21,24). The molecule has 1 heterocycles. The quantitative estimate of drug-likeness (QED) is 0.692. The van der Waals surface area contributed by atoms with Crippen molar-refractivity contribution in [3.8, 4) is 0 Å². The molecule has 2 amide bonds. The number of rotatable bonds is 7. The average molecular weight is 332 g/mol. The summed E-state index contributed by atoms with van der Waals surface area (Å²) in [5, 5.41) is 2.87. The van der Waals surface area contributed by atoms with Gasteiger partial charge in [-0.1, -0.05) is 19.1 Å². The molecule has 0 aromatic heterocycles. The number of benzene rings is 1. The fraction of sp³-hybridized carbons (Fsp3) is 0.556. The fourth-order valence-electron chi connectivity index (χ4n) is 2.86. The molecule has 132 valence electrons. The van der Waals surface area contributed by atoms with Gasteiger partial charge in [-0.3, -0.25) is 9.59 Å². The van der Waals surface area contributed by atoms with Crippen LogP contribution in [0.2, 0.25) is 0 Å². The molecular weight excluding hydrogens is 304 g/mol. The van der Waals surface area contributed by atoms with E-state index in [1.165, 1.54) is 5.56 Å². The van der Waals surface area contributed by atoms with E-state index in [9.17, 15) is 9.59 Å². The number of likely N-dealkylation sites (tertiary alicyclic amines) is 1. The Morgan fingerprint density at radius 2 is 1.88 bits per heavy atom. The van der Waals surface area contributed by atoms with E-state index in [-0.39, 0.29) is 23.7 Å². The summed E-state index contributed by atoms with van der Waals surface area (Å²) >= 11 is 0. The van der Waals surface area contributed by atoms with Crippen LogP contribution < -0.4 is 16.8 Å². The molecule has 1 unspecified atom stereocenters. The third-order valence-electron chi connectivity index (χ3n) is 4.73. The van der Waals surface area contributed by atoms with Gasteiger partial charge >= 0.3 is 0 Å². The maximum Gasteiger partial charge on any atom is 0.228 e. The highest BCUT2D eigenvalue weighted by Gasteiger charge is 2.22. The largest absolute Gasteiger partial charge is 0.369 e. The van der Waals surface area contributed by atoms with Crippen LogP contribution in [0.4, 0.5) is 5.69 Å². The molecule has 1 aromatic rings. The number of piperidine rings is 1. The minimum atomic E-state index is -0.187. The van der Waals surface area contributed by atoms with Crippen LogP contribution in [0.15, 0.2) is 24.3 Å². The van der Waals surface area contributed by atoms with E-state index >= 15 is 0 Å². The highest BCUT2D eigenvalue weighted by Crippen LogP contribution is 2.17. The molecule has 1 aliphatic heterocycles. The fourth-order valence-corrected chi connectivity index (χ4v) is 2.86. The number of hydrogen-bond donors (Lipinski definition) is 3. The number of nitrogens with zero attached hydrogens (tertiary/aromatic N) is 1. The molecule has 1 saturated heterocycles. The van der Waals surface area contributed by atoms with E-state index in [2.05, 4.69) is 10.2 Å². The molecule has 1 aromatic carbocycles. The van der Waals surface area contributed by atoms with Gasteiger partial charge in [-0.2, -0.15) is 0 Å². The van der Waals surface area contributed by atoms with Crippen LogP contribution in [-0.4, -0.2) is 42.9 Å². The Kier molecular flexibility index (Phi) is 6.75. The molecule has 2 rings (SSSR count). The van der Waals surface area contributed by atoms with Crippen LogP contribution in [-0.2, 0) is 16.0 Å². The Labute approximate surface area is 143 Å². The highest BCUT2D eigenvalue weighted by molar-refractivity contribution is 5.92. The van der Waals surface area contributed by atoms with Gasteiger partial charge in [-0.05, 0) is 50.0 Å². The minimum Gasteiger partial charge on any atom is -0.369 e. The van der Waals surface area contributed by atoms with Crippen LogP contribution in [0.25, 0.3) is 0 Å². The van der Waals surface area contributed by atoms with Crippen LogP contribution in [0.1, 0.15) is 25.3 Å². The summed E-state index contributed by atoms with van der Waals surface area (Å²) in [6.45, 7) is 4.99. The molecule has 0 radical (unpaired) electrons. The molecule has 0 spiro atoms. The van der Waals surface area contributed by atoms with Crippen LogP contribution in [0.3, 0.4) is 0 Å². The lowest BCUT2D eigenvalue weighted by Gasteiger charge is -2.30. The SMILES string of the molecule is CC(CN)C(=O)Nc1ccc(CCN2CCC(C(N)=O)CC2)cc1. The monoisotopic (exact) mass is 332 g/mol. The molecular formula is C18H28N4O2. The van der Waals surface area contributed by atoms with Gasteiger partial charge in [0.15, 0.2) is 0 Å². The van der Waals surface area contributed by atoms with Crippen molar-refractivity contribution in [1.29, 1.82) is 0 Å². The van der Waals surface area contributed by atoms with Crippen molar-refractivity contribution in [2.45, 2.75) is 26.2 Å². The van der Waals surface area contributed by atoms with E-state index in [4.69, 9.17) is 11.5 Å². The second-order valence-corrected chi connectivity index (χ2v) is 6.59. The molecule has 1 aliphatic rings. The predicted molar refractivity (Wildman–Crippen MR) is 95.4 cm³/mol. The van der Waals surface area contributed by atoms with Gasteiger partial charge in [0, 0.05) is 30.6 Å². The summed E-state index contributed by atoms with van der Waals surface area (Å²) in [6, 6.07) is 7.93. The van der Waals surface area contributed by atoms with Gasteiger partial charge in [0.25, 0.3) is 0 Å². The summed E-state index contributed by atoms with van der Waals surface area (Å²) in [4.78, 5) is 25.4. The van der Waals surface area contributed by atoms with Gasteiger partial charge in [0.2, 0.25) is 11.8 Å². The number of carbonyl (C=O) groups excluding carboxylic acids is 2. The molecule has 1 atom stereocenters. The number of nitrogens with one attached hydrogen (secondary N) is 1. The third kappa shape index (κ3) is 5.32. The van der Waals surface area contributed by atoms with Gasteiger partial charge in [0.05, 0.1) is 0 Å². The third-order valence-corrected chi connectivity index (χ3v) is 4.73. The number of hydrogen-bond acceptors (Lipinski definition) is 4. The summed E-state index contributed by atoms with van der Waals surface area (Å²) in [6.07, 6.45) is 2.67. The summed E-state index contributed by atoms with van der Waals surface area (Å²) in [5.41, 5.74) is 12.9. The maximum atomic E-state index is 11.8. The van der Waals surface area contributed by atoms with Gasteiger partial charge in [-0.25, -0.2) is 0 Å². The Balaban J connectivity index is 1.76. The molecule has 0 aliphatic carbocycles. The number of primary amides is 1. The van der Waals surface area contributed by atoms with Gasteiger partial charge < -0.3 is 21.7 Å². The van der Waals surface area contributed by atoms with Crippen LogP contribution in [0, 0.1) is 11.8 Å². The second-order valence-electron chi connectivity index (χ2n) is 6.59. The van der Waals surface area contributed by atoms with E-state index in [1.807, 2.05) is 31.2 Å². The number of amides is 2. The van der Waals surface area contributed by atoms with E-state index < -0.39 is 0 Å². The molecule has 5 N–H and O–H groups in total. The average Bonchev–Trinajstić information content (AvgIpc) is 2.60. The summed E-state index contributed by atoms with van der Waals surface area (Å²) < 4.78 is 0. The van der Waals surface area contributed by atoms with Gasteiger partial charge in [-0.15, -0.1) is 0 Å². The number of nitrogens with two attached hydrogens (primary N) is 2. The zero-order valence-electron chi connectivity index (χ0n) is 14.3. The van der Waals surface area contributed by atoms with Crippen LogP contribution in [0.5, 0.6) is 0 Å². The summed E-state index contributed by atoms with van der Waals surface area (Å²) in [7, 11) is 0. The van der Waals surface area contributed by atoms with Crippen LogP contribution >= 0.6 is 0 Å². The number of anilines is 1.